The van der Waals surface area contributed by atoms with Crippen molar-refractivity contribution in [3.63, 3.8) is 0 Å². The highest BCUT2D eigenvalue weighted by atomic mass is 32.2. The van der Waals surface area contributed by atoms with Gasteiger partial charge in [-0.3, -0.25) is 4.79 Å². The van der Waals surface area contributed by atoms with Crippen molar-refractivity contribution in [1.82, 2.24) is 4.57 Å². The first-order chi connectivity index (χ1) is 13.1. The van der Waals surface area contributed by atoms with Gasteiger partial charge in [-0.15, -0.1) is 0 Å². The Labute approximate surface area is 159 Å². The molecule has 0 saturated carbocycles. The van der Waals surface area contributed by atoms with Crippen LogP contribution in [0.5, 0.6) is 0 Å². The van der Waals surface area contributed by atoms with Crippen molar-refractivity contribution in [3.05, 3.63) is 33.7 Å². The first-order valence-corrected chi connectivity index (χ1v) is 10.0. The lowest BCUT2D eigenvalue weighted by Crippen LogP contribution is -2.32. The molecule has 3 heterocycles. The van der Waals surface area contributed by atoms with E-state index < -0.39 is 29.3 Å². The molecule has 5 nitrogen and oxygen atoms in total. The van der Waals surface area contributed by atoms with E-state index in [9.17, 15) is 18.4 Å². The van der Waals surface area contributed by atoms with E-state index in [2.05, 4.69) is 0 Å². The van der Waals surface area contributed by atoms with Crippen LogP contribution in [0.3, 0.4) is 0 Å². The number of nitrogens with zero attached hydrogens (tertiary/aromatic N) is 2. The molecule has 4 rings (SSSR count). The first kappa shape index (κ1) is 18.3. The molecule has 1 atom stereocenters. The molecule has 27 heavy (non-hydrogen) atoms. The number of benzene rings is 1. The lowest BCUT2D eigenvalue weighted by atomic mass is 10.1. The number of ether oxygens (including phenoxy) is 1. The number of esters is 1. The largest absolute Gasteiger partial charge is 0.462 e. The molecule has 0 bridgehead atoms. The number of alkyl halides is 1. The number of fused-ring (bicyclic) bond motifs is 3. The minimum Gasteiger partial charge on any atom is -0.462 e. The number of carbonyl (C=O) groups excluding carboxylic acids is 1. The number of hydrogen-bond acceptors (Lipinski definition) is 5. The number of pyridine rings is 1. The normalized spacial score (nSPS) is 18.9. The fraction of sp³-hybridized carbons (Fsp3) is 0.474. The molecule has 2 aliphatic rings. The van der Waals surface area contributed by atoms with Gasteiger partial charge in [-0.1, -0.05) is 11.8 Å². The average molecular weight is 394 g/mol. The van der Waals surface area contributed by atoms with Gasteiger partial charge in [-0.25, -0.2) is 13.6 Å². The molecule has 1 saturated heterocycles. The number of anilines is 1. The summed E-state index contributed by atoms with van der Waals surface area (Å²) in [5.74, 6) is -1.25. The number of aromatic nitrogens is 1. The molecular formula is C19H20F2N2O3S. The van der Waals surface area contributed by atoms with Crippen LogP contribution in [-0.2, 0) is 4.74 Å². The topological polar surface area (TPSA) is 51.5 Å². The molecule has 0 spiro atoms. The summed E-state index contributed by atoms with van der Waals surface area (Å²) in [7, 11) is 0. The zero-order valence-electron chi connectivity index (χ0n) is 15.0. The predicted octanol–water partition coefficient (Wildman–Crippen LogP) is 3.88. The Morgan fingerprint density at radius 3 is 2.70 bits per heavy atom. The van der Waals surface area contributed by atoms with Crippen LogP contribution in [0.15, 0.2) is 22.0 Å². The van der Waals surface area contributed by atoms with Gasteiger partial charge in [0.05, 0.1) is 22.8 Å². The Morgan fingerprint density at radius 2 is 2.04 bits per heavy atom. The fourth-order valence-corrected chi connectivity index (χ4v) is 4.91. The molecule has 2 aromatic rings. The van der Waals surface area contributed by atoms with Crippen molar-refractivity contribution in [1.29, 1.82) is 0 Å². The summed E-state index contributed by atoms with van der Waals surface area (Å²) in [6.07, 6.45) is 3.09. The van der Waals surface area contributed by atoms with E-state index in [0.29, 0.717) is 16.2 Å². The van der Waals surface area contributed by atoms with E-state index in [1.807, 2.05) is 4.90 Å². The third-order valence-electron chi connectivity index (χ3n) is 5.07. The zero-order chi connectivity index (χ0) is 19.1. The molecule has 1 aromatic heterocycles. The van der Waals surface area contributed by atoms with Crippen molar-refractivity contribution in [2.45, 2.75) is 36.6 Å². The number of rotatable bonds is 4. The summed E-state index contributed by atoms with van der Waals surface area (Å²) in [4.78, 5) is 27.1. The molecule has 1 aromatic carbocycles. The van der Waals surface area contributed by atoms with Crippen LogP contribution in [0.4, 0.5) is 14.5 Å². The van der Waals surface area contributed by atoms with Crippen LogP contribution in [-0.4, -0.2) is 36.9 Å². The van der Waals surface area contributed by atoms with Crippen LogP contribution < -0.4 is 10.3 Å². The molecule has 1 fully saturated rings. The molecule has 1 unspecified atom stereocenters. The van der Waals surface area contributed by atoms with E-state index in [-0.39, 0.29) is 17.6 Å². The lowest BCUT2D eigenvalue weighted by Gasteiger charge is -2.35. The Bertz CT molecular complexity index is 970. The zero-order valence-corrected chi connectivity index (χ0v) is 15.8. The van der Waals surface area contributed by atoms with Crippen LogP contribution in [0.1, 0.15) is 41.9 Å². The van der Waals surface area contributed by atoms with E-state index in [1.54, 1.807) is 17.6 Å². The number of hydrogen-bond donors (Lipinski definition) is 0. The van der Waals surface area contributed by atoms with Crippen molar-refractivity contribution in [2.75, 3.05) is 31.3 Å². The monoisotopic (exact) mass is 394 g/mol. The van der Waals surface area contributed by atoms with Crippen LogP contribution in [0.25, 0.3) is 10.9 Å². The third-order valence-corrected chi connectivity index (χ3v) is 6.31. The molecule has 0 radical (unpaired) electrons. The van der Waals surface area contributed by atoms with E-state index in [1.165, 1.54) is 6.07 Å². The van der Waals surface area contributed by atoms with Crippen LogP contribution in [0.2, 0.25) is 0 Å². The summed E-state index contributed by atoms with van der Waals surface area (Å²) in [5.41, 5.74) is 0.189. The fourth-order valence-electron chi connectivity index (χ4n) is 3.79. The van der Waals surface area contributed by atoms with Gasteiger partial charge >= 0.3 is 5.97 Å². The molecule has 0 amide bonds. The maximum absolute atomic E-state index is 14.8. The van der Waals surface area contributed by atoms with E-state index in [4.69, 9.17) is 4.74 Å². The summed E-state index contributed by atoms with van der Waals surface area (Å²) < 4.78 is 34.9. The van der Waals surface area contributed by atoms with E-state index in [0.717, 1.165) is 44.1 Å². The van der Waals surface area contributed by atoms with Crippen molar-refractivity contribution < 1.29 is 18.3 Å². The van der Waals surface area contributed by atoms with Crippen molar-refractivity contribution >= 4 is 34.3 Å². The van der Waals surface area contributed by atoms with Crippen LogP contribution >= 0.6 is 11.8 Å². The summed E-state index contributed by atoms with van der Waals surface area (Å²) in [6.45, 7) is 2.62. The van der Waals surface area contributed by atoms with Gasteiger partial charge in [0.25, 0.3) is 0 Å². The smallest absolute Gasteiger partial charge is 0.344 e. The highest BCUT2D eigenvalue weighted by Gasteiger charge is 2.36. The van der Waals surface area contributed by atoms with Crippen LogP contribution in [0, 0.1) is 5.82 Å². The minimum atomic E-state index is -0.751. The Kier molecular flexibility index (Phi) is 4.84. The molecule has 2 aliphatic heterocycles. The Morgan fingerprint density at radius 1 is 1.30 bits per heavy atom. The molecule has 0 N–H and O–H groups in total. The maximum Gasteiger partial charge on any atom is 0.344 e. The molecule has 0 aliphatic carbocycles. The van der Waals surface area contributed by atoms with Gasteiger partial charge in [0.2, 0.25) is 5.43 Å². The number of halogens is 2. The summed E-state index contributed by atoms with van der Waals surface area (Å²) >= 11 is 1.13. The lowest BCUT2D eigenvalue weighted by molar-refractivity contribution is 0.0518. The predicted molar refractivity (Wildman–Crippen MR) is 101 cm³/mol. The quantitative estimate of drug-likeness (QED) is 0.737. The highest BCUT2D eigenvalue weighted by Crippen LogP contribution is 2.47. The summed E-state index contributed by atoms with van der Waals surface area (Å²) in [6, 6.07) is 2.80. The number of carbonyl (C=O) groups is 1. The summed E-state index contributed by atoms with van der Waals surface area (Å²) in [5, 5.41) is -0.0560. The van der Waals surface area contributed by atoms with Gasteiger partial charge in [0.1, 0.15) is 23.4 Å². The molecule has 144 valence electrons. The average Bonchev–Trinajstić information content (AvgIpc) is 2.65. The Hall–Kier alpha value is -2.09. The van der Waals surface area contributed by atoms with Gasteiger partial charge in [0, 0.05) is 18.5 Å². The molecular weight excluding hydrogens is 374 g/mol. The van der Waals surface area contributed by atoms with Crippen molar-refractivity contribution in [3.8, 4) is 0 Å². The standard InChI is InChI=1S/C19H20F2N2O3S/c1-2-26-19(25)16-17(24)11-8-12(21)14(22-6-4-3-5-7-22)9-13(11)23-15(10-20)27-18(16)23/h8-9,15H,2-7,10H2,1H3. The third kappa shape index (κ3) is 2.90. The van der Waals surface area contributed by atoms with Gasteiger partial charge in [-0.05, 0) is 38.3 Å². The van der Waals surface area contributed by atoms with Gasteiger partial charge < -0.3 is 14.2 Å². The number of thioether (sulfide) groups is 1. The van der Waals surface area contributed by atoms with Crippen molar-refractivity contribution in [2.24, 2.45) is 0 Å². The second-order valence-electron chi connectivity index (χ2n) is 6.70. The Balaban J connectivity index is 1.94. The van der Waals surface area contributed by atoms with E-state index >= 15 is 0 Å². The number of piperidine rings is 1. The maximum atomic E-state index is 14.8. The second kappa shape index (κ2) is 7.14. The molecule has 8 heteroatoms. The first-order valence-electron chi connectivity index (χ1n) is 9.13. The van der Waals surface area contributed by atoms with Gasteiger partial charge in [-0.2, -0.15) is 0 Å². The SMILES string of the molecule is CCOC(=O)c1c2n(c3cc(N4CCCCC4)c(F)cc3c1=O)C(CF)S2. The van der Waals surface area contributed by atoms with Gasteiger partial charge in [0.15, 0.2) is 0 Å². The minimum absolute atomic E-state index is 0.0822. The highest BCUT2D eigenvalue weighted by molar-refractivity contribution is 8.00. The second-order valence-corrected chi connectivity index (χ2v) is 7.86.